The molecule has 27 heavy (non-hydrogen) atoms. The summed E-state index contributed by atoms with van der Waals surface area (Å²) < 4.78 is 11.3. The Morgan fingerprint density at radius 2 is 1.89 bits per heavy atom. The first-order valence-electron chi connectivity index (χ1n) is 8.75. The molecule has 0 aliphatic carbocycles. The summed E-state index contributed by atoms with van der Waals surface area (Å²) in [5.41, 5.74) is 6.74. The van der Waals surface area contributed by atoms with Crippen LogP contribution in [0, 0.1) is 0 Å². The number of pyridine rings is 1. The molecule has 0 unspecified atom stereocenters. The molecule has 0 spiro atoms. The summed E-state index contributed by atoms with van der Waals surface area (Å²) in [5, 5.41) is 4.66. The van der Waals surface area contributed by atoms with Gasteiger partial charge in [0.2, 0.25) is 0 Å². The maximum Gasteiger partial charge on any atom is 0.323 e. The molecule has 4 rings (SSSR count). The predicted molar refractivity (Wildman–Crippen MR) is 104 cm³/mol. The molecule has 2 heterocycles. The molecule has 138 valence electrons. The van der Waals surface area contributed by atoms with E-state index in [-0.39, 0.29) is 6.03 Å². The van der Waals surface area contributed by atoms with Crippen LogP contribution in [0.3, 0.4) is 0 Å². The number of nitrogen functional groups attached to an aromatic ring is 1. The Kier molecular flexibility index (Phi) is 4.76. The van der Waals surface area contributed by atoms with Crippen molar-refractivity contribution in [3.63, 3.8) is 0 Å². The van der Waals surface area contributed by atoms with Crippen LogP contribution in [0.1, 0.15) is 0 Å². The number of ether oxygens (including phenoxy) is 2. The Balaban J connectivity index is 1.53. The fourth-order valence-corrected chi connectivity index (χ4v) is 3.01. The second-order valence-corrected chi connectivity index (χ2v) is 6.21. The normalized spacial score (nSPS) is 14.1. The summed E-state index contributed by atoms with van der Waals surface area (Å²) in [5.74, 6) is 1.71. The number of nitrogens with one attached hydrogen (secondary N) is 1. The number of aromatic nitrogens is 1. The van der Waals surface area contributed by atoms with Crippen LogP contribution < -0.4 is 15.8 Å². The van der Waals surface area contributed by atoms with Crippen molar-refractivity contribution in [1.82, 2.24) is 9.88 Å². The van der Waals surface area contributed by atoms with E-state index in [0.717, 1.165) is 10.8 Å². The molecular weight excluding hydrogens is 344 g/mol. The van der Waals surface area contributed by atoms with Crippen molar-refractivity contribution in [3.05, 3.63) is 54.7 Å². The van der Waals surface area contributed by atoms with Crippen molar-refractivity contribution in [2.75, 3.05) is 37.4 Å². The third-order valence-corrected chi connectivity index (χ3v) is 4.41. The third-order valence-electron chi connectivity index (χ3n) is 4.41. The molecule has 1 aliphatic heterocycles. The Labute approximate surface area is 156 Å². The van der Waals surface area contributed by atoms with Gasteiger partial charge < -0.3 is 20.1 Å². The van der Waals surface area contributed by atoms with Crippen LogP contribution in [0.25, 0.3) is 10.8 Å². The largest absolute Gasteiger partial charge is 0.457 e. The summed E-state index contributed by atoms with van der Waals surface area (Å²) in [4.78, 5) is 18.2. The summed E-state index contributed by atoms with van der Waals surface area (Å²) >= 11 is 0. The van der Waals surface area contributed by atoms with E-state index in [1.165, 1.54) is 0 Å². The number of hydrogen-bond donors (Lipinski definition) is 2. The van der Waals surface area contributed by atoms with Gasteiger partial charge in [-0.2, -0.15) is 0 Å². The highest BCUT2D eigenvalue weighted by Gasteiger charge is 2.17. The van der Waals surface area contributed by atoms with Crippen LogP contribution in [-0.4, -0.2) is 42.2 Å². The highest BCUT2D eigenvalue weighted by atomic mass is 16.5. The molecule has 1 aliphatic rings. The van der Waals surface area contributed by atoms with Crippen LogP contribution in [-0.2, 0) is 4.74 Å². The molecule has 0 radical (unpaired) electrons. The van der Waals surface area contributed by atoms with E-state index in [0.29, 0.717) is 49.3 Å². The van der Waals surface area contributed by atoms with Gasteiger partial charge in [-0.1, -0.05) is 24.3 Å². The zero-order valence-electron chi connectivity index (χ0n) is 14.7. The van der Waals surface area contributed by atoms with Crippen molar-refractivity contribution >= 4 is 28.3 Å². The fourth-order valence-electron chi connectivity index (χ4n) is 3.01. The first-order valence-corrected chi connectivity index (χ1v) is 8.75. The quantitative estimate of drug-likeness (QED) is 0.695. The standard InChI is InChI=1S/C20H20N4O3/c21-17-5-6-18(16-4-2-1-3-15(16)17)27-14-7-8-22-19(13-14)23-20(25)24-9-11-26-12-10-24/h1-8,13H,9-12,21H2,(H,22,23,25). The van der Waals surface area contributed by atoms with Crippen molar-refractivity contribution in [2.45, 2.75) is 0 Å². The highest BCUT2D eigenvalue weighted by Crippen LogP contribution is 2.33. The van der Waals surface area contributed by atoms with Gasteiger partial charge in [0, 0.05) is 41.8 Å². The molecule has 3 aromatic rings. The van der Waals surface area contributed by atoms with Crippen molar-refractivity contribution in [2.24, 2.45) is 0 Å². The maximum absolute atomic E-state index is 12.3. The second-order valence-electron chi connectivity index (χ2n) is 6.21. The molecule has 0 saturated carbocycles. The van der Waals surface area contributed by atoms with Crippen molar-refractivity contribution < 1.29 is 14.3 Å². The number of nitrogens with two attached hydrogens (primary N) is 1. The van der Waals surface area contributed by atoms with Crippen LogP contribution in [0.2, 0.25) is 0 Å². The van der Waals surface area contributed by atoms with E-state index in [1.54, 1.807) is 23.2 Å². The summed E-state index contributed by atoms with van der Waals surface area (Å²) in [6.45, 7) is 2.24. The minimum atomic E-state index is -0.194. The van der Waals surface area contributed by atoms with Gasteiger partial charge in [-0.3, -0.25) is 5.32 Å². The number of rotatable bonds is 3. The van der Waals surface area contributed by atoms with Crippen LogP contribution >= 0.6 is 0 Å². The van der Waals surface area contributed by atoms with Gasteiger partial charge in [-0.25, -0.2) is 9.78 Å². The lowest BCUT2D eigenvalue weighted by molar-refractivity contribution is 0.0564. The van der Waals surface area contributed by atoms with E-state index in [9.17, 15) is 4.79 Å². The molecule has 1 fully saturated rings. The number of anilines is 2. The van der Waals surface area contributed by atoms with Crippen LogP contribution in [0.5, 0.6) is 11.5 Å². The Hall–Kier alpha value is -3.32. The fraction of sp³-hybridized carbons (Fsp3) is 0.200. The van der Waals surface area contributed by atoms with Crippen molar-refractivity contribution in [3.8, 4) is 11.5 Å². The Morgan fingerprint density at radius 1 is 1.11 bits per heavy atom. The number of amides is 2. The van der Waals surface area contributed by atoms with E-state index in [2.05, 4.69) is 10.3 Å². The lowest BCUT2D eigenvalue weighted by Gasteiger charge is -2.26. The average Bonchev–Trinajstić information content (AvgIpc) is 2.71. The number of morpholine rings is 1. The third kappa shape index (κ3) is 3.78. The van der Waals surface area contributed by atoms with Crippen molar-refractivity contribution in [1.29, 1.82) is 0 Å². The average molecular weight is 364 g/mol. The van der Waals surface area contributed by atoms with E-state index in [4.69, 9.17) is 15.2 Å². The lowest BCUT2D eigenvalue weighted by atomic mass is 10.1. The predicted octanol–water partition coefficient (Wildman–Crippen LogP) is 3.47. The minimum absolute atomic E-state index is 0.194. The van der Waals surface area contributed by atoms with E-state index >= 15 is 0 Å². The number of benzene rings is 2. The SMILES string of the molecule is Nc1ccc(Oc2ccnc(NC(=O)N3CCOCC3)c2)c2ccccc12. The molecule has 7 nitrogen and oxygen atoms in total. The maximum atomic E-state index is 12.3. The molecule has 1 aromatic heterocycles. The van der Waals surface area contributed by atoms with Gasteiger partial charge in [0.25, 0.3) is 0 Å². The summed E-state index contributed by atoms with van der Waals surface area (Å²) in [6.07, 6.45) is 1.60. The number of carbonyl (C=O) groups is 1. The number of carbonyl (C=O) groups excluding carboxylic acids is 1. The smallest absolute Gasteiger partial charge is 0.323 e. The highest BCUT2D eigenvalue weighted by molar-refractivity contribution is 5.97. The topological polar surface area (TPSA) is 89.7 Å². The van der Waals surface area contributed by atoms with E-state index in [1.807, 2.05) is 36.4 Å². The first-order chi connectivity index (χ1) is 13.2. The lowest BCUT2D eigenvalue weighted by Crippen LogP contribution is -2.43. The molecule has 2 aromatic carbocycles. The van der Waals surface area contributed by atoms with E-state index < -0.39 is 0 Å². The molecule has 7 heteroatoms. The zero-order chi connectivity index (χ0) is 18.6. The van der Waals surface area contributed by atoms with Gasteiger partial charge in [0.15, 0.2) is 0 Å². The summed E-state index contributed by atoms with van der Waals surface area (Å²) in [7, 11) is 0. The van der Waals surface area contributed by atoms with Gasteiger partial charge >= 0.3 is 6.03 Å². The molecule has 0 bridgehead atoms. The molecule has 2 amide bonds. The molecule has 0 atom stereocenters. The number of hydrogen-bond acceptors (Lipinski definition) is 5. The minimum Gasteiger partial charge on any atom is -0.457 e. The number of urea groups is 1. The monoisotopic (exact) mass is 364 g/mol. The first kappa shape index (κ1) is 17.1. The van der Waals surface area contributed by atoms with Gasteiger partial charge in [-0.05, 0) is 18.2 Å². The van der Waals surface area contributed by atoms with Crippen LogP contribution in [0.4, 0.5) is 16.3 Å². The molecular formula is C20H20N4O3. The second kappa shape index (κ2) is 7.51. The number of fused-ring (bicyclic) bond motifs is 1. The Morgan fingerprint density at radius 3 is 2.70 bits per heavy atom. The van der Waals surface area contributed by atoms with Gasteiger partial charge in [0.1, 0.15) is 17.3 Å². The molecule has 1 saturated heterocycles. The van der Waals surface area contributed by atoms with Gasteiger partial charge in [-0.15, -0.1) is 0 Å². The zero-order valence-corrected chi connectivity index (χ0v) is 14.7. The molecule has 3 N–H and O–H groups in total. The number of nitrogens with zero attached hydrogens (tertiary/aromatic N) is 2. The van der Waals surface area contributed by atoms with Crippen LogP contribution in [0.15, 0.2) is 54.7 Å². The van der Waals surface area contributed by atoms with Gasteiger partial charge in [0.05, 0.1) is 13.2 Å². The summed E-state index contributed by atoms with van der Waals surface area (Å²) in [6, 6.07) is 14.7. The Bertz CT molecular complexity index is 970.